The van der Waals surface area contributed by atoms with Crippen molar-refractivity contribution in [3.8, 4) is 11.1 Å². The van der Waals surface area contributed by atoms with Gasteiger partial charge in [0.1, 0.15) is 0 Å². The van der Waals surface area contributed by atoms with Crippen LogP contribution < -0.4 is 10.6 Å². The van der Waals surface area contributed by atoms with Crippen LogP contribution in [0.1, 0.15) is 53.9 Å². The van der Waals surface area contributed by atoms with Crippen molar-refractivity contribution in [1.29, 1.82) is 0 Å². The predicted octanol–water partition coefficient (Wildman–Crippen LogP) is 8.67. The number of carboxylic acids is 2. The van der Waals surface area contributed by atoms with E-state index in [9.17, 15) is 29.4 Å². The lowest BCUT2D eigenvalue weighted by Crippen LogP contribution is -2.26. The first-order valence-electron chi connectivity index (χ1n) is 15.8. The third-order valence-corrected chi connectivity index (χ3v) is 8.83. The van der Waals surface area contributed by atoms with Gasteiger partial charge in [0.2, 0.25) is 0 Å². The van der Waals surface area contributed by atoms with E-state index < -0.39 is 23.8 Å². The number of rotatable bonds is 7. The molecule has 4 N–H and O–H groups in total. The number of carbonyl (C=O) groups excluding carboxylic acids is 2. The molecule has 0 aliphatic carbocycles. The average Bonchev–Trinajstić information content (AvgIpc) is 3.09. The van der Waals surface area contributed by atoms with Gasteiger partial charge in [-0.05, 0) is 117 Å². The quantitative estimate of drug-likeness (QED) is 0.128. The number of aromatic carboxylic acids is 2. The fraction of sp³-hybridized carbons (Fsp3) is 0.0732. The van der Waals surface area contributed by atoms with Crippen LogP contribution in [0.2, 0.25) is 0 Å². The molecule has 0 saturated carbocycles. The second-order valence-electron chi connectivity index (χ2n) is 12.0. The van der Waals surface area contributed by atoms with Crippen LogP contribution in [0, 0.1) is 6.92 Å². The Morgan fingerprint density at radius 1 is 0.571 bits per heavy atom. The molecule has 7 rings (SSSR count). The second-order valence-corrected chi connectivity index (χ2v) is 12.0. The van der Waals surface area contributed by atoms with E-state index in [-0.39, 0.29) is 22.3 Å². The molecule has 8 heteroatoms. The van der Waals surface area contributed by atoms with E-state index >= 15 is 0 Å². The summed E-state index contributed by atoms with van der Waals surface area (Å²) in [6, 6.07) is 32.7. The summed E-state index contributed by atoms with van der Waals surface area (Å²) in [5.74, 6) is -3.54. The number of fused-ring (bicyclic) bond motifs is 4. The monoisotopic (exact) mass is 646 g/mol. The number of benzene rings is 7. The van der Waals surface area contributed by atoms with E-state index in [0.29, 0.717) is 50.3 Å². The molecule has 240 valence electrons. The summed E-state index contributed by atoms with van der Waals surface area (Å²) in [4.78, 5) is 52.3. The highest BCUT2D eigenvalue weighted by molar-refractivity contribution is 6.22. The molecule has 0 spiro atoms. The summed E-state index contributed by atoms with van der Waals surface area (Å²) >= 11 is 0. The first-order valence-corrected chi connectivity index (χ1v) is 15.8. The Morgan fingerprint density at radius 3 is 1.86 bits per heavy atom. The lowest BCUT2D eigenvalue weighted by molar-refractivity contribution is 0.0683. The Labute approximate surface area is 280 Å². The van der Waals surface area contributed by atoms with E-state index in [0.717, 1.165) is 21.7 Å². The van der Waals surface area contributed by atoms with Crippen LogP contribution in [0.15, 0.2) is 109 Å². The van der Waals surface area contributed by atoms with E-state index in [4.69, 9.17) is 0 Å². The van der Waals surface area contributed by atoms with Crippen LogP contribution in [-0.4, -0.2) is 40.5 Å². The van der Waals surface area contributed by atoms with Crippen molar-refractivity contribution < 1.29 is 29.4 Å². The zero-order valence-corrected chi connectivity index (χ0v) is 26.6. The van der Waals surface area contributed by atoms with Gasteiger partial charge in [0, 0.05) is 17.8 Å². The predicted molar refractivity (Wildman–Crippen MR) is 193 cm³/mol. The molecule has 8 nitrogen and oxygen atoms in total. The third kappa shape index (κ3) is 5.59. The minimum Gasteiger partial charge on any atom is -0.478 e. The maximum absolute atomic E-state index is 13.7. The number of carbonyl (C=O) groups is 4. The first-order chi connectivity index (χ1) is 23.6. The fourth-order valence-electron chi connectivity index (χ4n) is 6.52. The maximum atomic E-state index is 13.7. The Bertz CT molecular complexity index is 2540. The summed E-state index contributed by atoms with van der Waals surface area (Å²) in [6.45, 7) is 4.00. The number of aryl methyl sites for hydroxylation is 1. The zero-order valence-electron chi connectivity index (χ0n) is 26.6. The lowest BCUT2D eigenvalue weighted by atomic mass is 9.85. The van der Waals surface area contributed by atoms with Gasteiger partial charge >= 0.3 is 11.9 Å². The van der Waals surface area contributed by atoms with Gasteiger partial charge in [-0.3, -0.25) is 9.59 Å². The summed E-state index contributed by atoms with van der Waals surface area (Å²) < 4.78 is 0. The van der Waals surface area contributed by atoms with Crippen molar-refractivity contribution in [2.75, 3.05) is 11.9 Å². The molecule has 0 aliphatic heterocycles. The smallest absolute Gasteiger partial charge is 0.336 e. The number of anilines is 1. The molecule has 0 radical (unpaired) electrons. The van der Waals surface area contributed by atoms with Crippen molar-refractivity contribution in [2.24, 2.45) is 0 Å². The normalized spacial score (nSPS) is 11.2. The molecular formula is C41H30N2O6. The van der Waals surface area contributed by atoms with Crippen LogP contribution in [0.3, 0.4) is 0 Å². The van der Waals surface area contributed by atoms with E-state index in [1.807, 2.05) is 85.8 Å². The molecule has 0 saturated heterocycles. The van der Waals surface area contributed by atoms with E-state index in [1.54, 1.807) is 31.2 Å². The molecule has 0 aliphatic rings. The highest BCUT2D eigenvalue weighted by atomic mass is 16.4. The molecule has 0 bridgehead atoms. The highest BCUT2D eigenvalue weighted by Gasteiger charge is 2.26. The van der Waals surface area contributed by atoms with Gasteiger partial charge in [-0.25, -0.2) is 9.59 Å². The highest BCUT2D eigenvalue weighted by Crippen LogP contribution is 2.41. The largest absolute Gasteiger partial charge is 0.478 e. The number of hydrogen-bond acceptors (Lipinski definition) is 4. The Kier molecular flexibility index (Phi) is 7.76. The lowest BCUT2D eigenvalue weighted by Gasteiger charge is -2.19. The Morgan fingerprint density at radius 2 is 1.16 bits per heavy atom. The molecule has 7 aromatic carbocycles. The van der Waals surface area contributed by atoms with Crippen LogP contribution in [0.25, 0.3) is 54.2 Å². The minimum atomic E-state index is -1.24. The summed E-state index contributed by atoms with van der Waals surface area (Å²) in [5.41, 5.74) is 2.41. The fourth-order valence-corrected chi connectivity index (χ4v) is 6.52. The number of amides is 2. The van der Waals surface area contributed by atoms with Gasteiger partial charge in [0.15, 0.2) is 0 Å². The molecule has 0 aromatic heterocycles. The summed E-state index contributed by atoms with van der Waals surface area (Å²) in [6.07, 6.45) is 0. The SMILES string of the molecule is CCNC(=O)c1c(C(=O)O)cc2cc3ccccc3cc2c1-c1cccc2cc3cc(C(=O)O)c(C(=O)Nc4ccc(C)cc4)cc3cc12. The number of carboxylic acid groups (broad SMARTS) is 2. The van der Waals surface area contributed by atoms with Crippen molar-refractivity contribution in [1.82, 2.24) is 5.32 Å². The van der Waals surface area contributed by atoms with Crippen molar-refractivity contribution >= 4 is 72.5 Å². The molecule has 7 aromatic rings. The number of hydrogen-bond donors (Lipinski definition) is 4. The molecule has 0 atom stereocenters. The van der Waals surface area contributed by atoms with Crippen molar-refractivity contribution in [2.45, 2.75) is 13.8 Å². The molecule has 49 heavy (non-hydrogen) atoms. The Hall–Kier alpha value is -6.54. The standard InChI is InChI=1S/C41H30N2O6/c1-3-42-39(45)37-35(41(48)49)21-28-15-23-7-4-5-8-24(23)17-32(28)36(37)30-10-6-9-25-16-26-20-34(40(46)47)33(19-27(26)18-31(25)30)38(44)43-29-13-11-22(2)12-14-29/h4-21H,3H2,1-2H3,(H,42,45)(H,43,44)(H,46,47)(H,48,49). The summed E-state index contributed by atoms with van der Waals surface area (Å²) in [7, 11) is 0. The Balaban J connectivity index is 1.52. The van der Waals surface area contributed by atoms with Crippen LogP contribution in [-0.2, 0) is 0 Å². The number of nitrogens with one attached hydrogen (secondary N) is 2. The molecule has 0 heterocycles. The van der Waals surface area contributed by atoms with Crippen LogP contribution in [0.5, 0.6) is 0 Å². The van der Waals surface area contributed by atoms with Gasteiger partial charge in [-0.1, -0.05) is 60.2 Å². The third-order valence-electron chi connectivity index (χ3n) is 8.83. The van der Waals surface area contributed by atoms with E-state index in [2.05, 4.69) is 10.6 Å². The molecular weight excluding hydrogens is 616 g/mol. The van der Waals surface area contributed by atoms with Crippen LogP contribution >= 0.6 is 0 Å². The van der Waals surface area contributed by atoms with Gasteiger partial charge in [0.05, 0.1) is 22.3 Å². The molecule has 2 amide bonds. The second kappa shape index (κ2) is 12.2. The van der Waals surface area contributed by atoms with Crippen molar-refractivity contribution in [3.63, 3.8) is 0 Å². The average molecular weight is 647 g/mol. The van der Waals surface area contributed by atoms with Gasteiger partial charge < -0.3 is 20.8 Å². The van der Waals surface area contributed by atoms with E-state index in [1.165, 1.54) is 6.07 Å². The van der Waals surface area contributed by atoms with Gasteiger partial charge in [0.25, 0.3) is 11.8 Å². The van der Waals surface area contributed by atoms with Gasteiger partial charge in [-0.2, -0.15) is 0 Å². The summed E-state index contributed by atoms with van der Waals surface area (Å²) in [5, 5.41) is 32.0. The topological polar surface area (TPSA) is 133 Å². The van der Waals surface area contributed by atoms with Crippen molar-refractivity contribution in [3.05, 3.63) is 137 Å². The van der Waals surface area contributed by atoms with Crippen LogP contribution in [0.4, 0.5) is 5.69 Å². The minimum absolute atomic E-state index is 0.00906. The zero-order chi connectivity index (χ0) is 34.4. The first kappa shape index (κ1) is 31.1. The maximum Gasteiger partial charge on any atom is 0.336 e. The molecule has 0 unspecified atom stereocenters. The molecule has 0 fully saturated rings. The van der Waals surface area contributed by atoms with Gasteiger partial charge in [-0.15, -0.1) is 0 Å².